The zero-order valence-electron chi connectivity index (χ0n) is 6.02. The van der Waals surface area contributed by atoms with Crippen molar-refractivity contribution >= 4 is 41.4 Å². The standard InChI is InChI=1S/C8H4N2O2.Na.H/c11-7-5-3-1-2-4-6(5)8(12)10-9-7;;/h1-4H;;. The van der Waals surface area contributed by atoms with Gasteiger partial charge < -0.3 is 0 Å². The second-order valence-corrected chi connectivity index (χ2v) is 2.36. The van der Waals surface area contributed by atoms with Crippen molar-refractivity contribution in [3.63, 3.8) is 0 Å². The summed E-state index contributed by atoms with van der Waals surface area (Å²) in [6.07, 6.45) is 0. The first kappa shape index (κ1) is 10.2. The molecule has 60 valence electrons. The second kappa shape index (κ2) is 3.91. The van der Waals surface area contributed by atoms with Crippen molar-refractivity contribution in [2.24, 2.45) is 10.2 Å². The first-order valence-electron chi connectivity index (χ1n) is 3.38. The predicted molar refractivity (Wildman–Crippen MR) is 47.1 cm³/mol. The maximum atomic E-state index is 11.0. The van der Waals surface area contributed by atoms with Crippen LogP contribution >= 0.6 is 0 Å². The summed E-state index contributed by atoms with van der Waals surface area (Å²) in [6.45, 7) is 0. The van der Waals surface area contributed by atoms with E-state index in [4.69, 9.17) is 0 Å². The first-order chi connectivity index (χ1) is 5.79. The van der Waals surface area contributed by atoms with Crippen LogP contribution < -0.4 is 0 Å². The van der Waals surface area contributed by atoms with Crippen LogP contribution in [0.1, 0.15) is 20.7 Å². The molecule has 0 unspecified atom stereocenters. The van der Waals surface area contributed by atoms with E-state index in [-0.39, 0.29) is 29.6 Å². The van der Waals surface area contributed by atoms with E-state index in [1.807, 2.05) is 0 Å². The zero-order chi connectivity index (χ0) is 8.55. The third kappa shape index (κ3) is 1.75. The summed E-state index contributed by atoms with van der Waals surface area (Å²) >= 11 is 0. The Hall–Kier alpha value is -0.840. The Kier molecular flexibility index (Phi) is 3.08. The summed E-state index contributed by atoms with van der Waals surface area (Å²) in [7, 11) is 0. The Labute approximate surface area is 96.3 Å². The molecule has 0 saturated heterocycles. The molecule has 0 N–H and O–H groups in total. The van der Waals surface area contributed by atoms with Gasteiger partial charge in [0.25, 0.3) is 11.8 Å². The average molecular weight is 184 g/mol. The van der Waals surface area contributed by atoms with Gasteiger partial charge in [-0.1, -0.05) is 12.1 Å². The van der Waals surface area contributed by atoms with Gasteiger partial charge in [0.05, 0.1) is 11.1 Å². The molecule has 0 aromatic heterocycles. The van der Waals surface area contributed by atoms with Gasteiger partial charge in [0.15, 0.2) is 0 Å². The number of rotatable bonds is 0. The molecular weight excluding hydrogens is 179 g/mol. The zero-order valence-corrected chi connectivity index (χ0v) is 6.02. The molecule has 1 aliphatic heterocycles. The minimum atomic E-state index is -0.454. The molecule has 4 nitrogen and oxygen atoms in total. The monoisotopic (exact) mass is 184 g/mol. The molecule has 0 bridgehead atoms. The number of benzene rings is 1. The molecule has 1 aromatic carbocycles. The minimum absolute atomic E-state index is 0. The number of azo groups is 1. The Morgan fingerprint density at radius 2 is 1.23 bits per heavy atom. The van der Waals surface area contributed by atoms with Gasteiger partial charge >= 0.3 is 29.6 Å². The summed E-state index contributed by atoms with van der Waals surface area (Å²) < 4.78 is 0. The van der Waals surface area contributed by atoms with E-state index >= 15 is 0 Å². The van der Waals surface area contributed by atoms with Crippen LogP contribution in [0.3, 0.4) is 0 Å². The van der Waals surface area contributed by atoms with Crippen LogP contribution in [0.15, 0.2) is 34.5 Å². The molecule has 0 radical (unpaired) electrons. The maximum absolute atomic E-state index is 11.0. The van der Waals surface area contributed by atoms with Crippen LogP contribution in [0.2, 0.25) is 0 Å². The van der Waals surface area contributed by atoms with E-state index in [1.54, 1.807) is 24.3 Å². The summed E-state index contributed by atoms with van der Waals surface area (Å²) in [5, 5.41) is 6.38. The van der Waals surface area contributed by atoms with Crippen molar-refractivity contribution in [3.05, 3.63) is 35.4 Å². The molecular formula is C8H5N2NaO2. The van der Waals surface area contributed by atoms with Gasteiger partial charge in [-0.3, -0.25) is 9.59 Å². The number of amides is 2. The Bertz CT molecular complexity index is 364. The van der Waals surface area contributed by atoms with Gasteiger partial charge in [0.1, 0.15) is 0 Å². The topological polar surface area (TPSA) is 58.9 Å². The molecule has 1 aliphatic rings. The fourth-order valence-electron chi connectivity index (χ4n) is 1.05. The van der Waals surface area contributed by atoms with Crippen molar-refractivity contribution < 1.29 is 9.59 Å². The Balaban J connectivity index is 0.000000845. The van der Waals surface area contributed by atoms with Crippen LogP contribution in [-0.4, -0.2) is 41.4 Å². The third-order valence-electron chi connectivity index (χ3n) is 1.62. The number of fused-ring (bicyclic) bond motifs is 1. The number of hydrogen-bond donors (Lipinski definition) is 0. The van der Waals surface area contributed by atoms with Gasteiger partial charge in [0.2, 0.25) is 0 Å². The molecule has 2 amide bonds. The number of hydrogen-bond acceptors (Lipinski definition) is 2. The van der Waals surface area contributed by atoms with Crippen molar-refractivity contribution in [3.8, 4) is 0 Å². The molecule has 1 aromatic rings. The number of carbonyl (C=O) groups is 2. The molecule has 0 atom stereocenters. The average Bonchev–Trinajstić information content (AvgIpc) is 2.12. The van der Waals surface area contributed by atoms with E-state index in [0.29, 0.717) is 11.1 Å². The van der Waals surface area contributed by atoms with Crippen molar-refractivity contribution in [2.75, 3.05) is 0 Å². The second-order valence-electron chi connectivity index (χ2n) is 2.36. The van der Waals surface area contributed by atoms with Gasteiger partial charge in [-0.15, -0.1) is 10.2 Å². The van der Waals surface area contributed by atoms with Crippen molar-refractivity contribution in [1.82, 2.24) is 0 Å². The first-order valence-corrected chi connectivity index (χ1v) is 3.38. The van der Waals surface area contributed by atoms with Crippen LogP contribution in [-0.2, 0) is 0 Å². The normalized spacial score (nSPS) is 13.5. The van der Waals surface area contributed by atoms with E-state index in [1.165, 1.54) is 0 Å². The van der Waals surface area contributed by atoms with Crippen LogP contribution in [0, 0.1) is 0 Å². The van der Waals surface area contributed by atoms with Crippen LogP contribution in [0.4, 0.5) is 0 Å². The summed E-state index contributed by atoms with van der Waals surface area (Å²) in [5.74, 6) is -0.907. The van der Waals surface area contributed by atoms with Crippen LogP contribution in [0.5, 0.6) is 0 Å². The summed E-state index contributed by atoms with van der Waals surface area (Å²) in [6, 6.07) is 6.50. The molecule has 0 spiro atoms. The predicted octanol–water partition coefficient (Wildman–Crippen LogP) is 0.784. The molecule has 2 rings (SSSR count). The fraction of sp³-hybridized carbons (Fsp3) is 0. The van der Waals surface area contributed by atoms with E-state index in [2.05, 4.69) is 10.2 Å². The van der Waals surface area contributed by atoms with Gasteiger partial charge in [-0.05, 0) is 12.1 Å². The van der Waals surface area contributed by atoms with E-state index in [0.717, 1.165) is 0 Å². The van der Waals surface area contributed by atoms with E-state index < -0.39 is 11.8 Å². The van der Waals surface area contributed by atoms with E-state index in [9.17, 15) is 9.59 Å². The number of carbonyl (C=O) groups excluding carboxylic acids is 2. The van der Waals surface area contributed by atoms with Gasteiger partial charge in [-0.2, -0.15) is 0 Å². The van der Waals surface area contributed by atoms with Crippen molar-refractivity contribution in [1.29, 1.82) is 0 Å². The number of nitrogens with zero attached hydrogens (tertiary/aromatic N) is 2. The summed E-state index contributed by atoms with van der Waals surface area (Å²) in [5.41, 5.74) is 0.662. The quantitative estimate of drug-likeness (QED) is 0.559. The third-order valence-corrected chi connectivity index (χ3v) is 1.62. The molecule has 0 aliphatic carbocycles. The van der Waals surface area contributed by atoms with Gasteiger partial charge in [0, 0.05) is 0 Å². The fourth-order valence-corrected chi connectivity index (χ4v) is 1.05. The molecule has 0 saturated carbocycles. The Morgan fingerprint density at radius 3 is 1.62 bits per heavy atom. The molecule has 0 fully saturated rings. The summed E-state index contributed by atoms with van der Waals surface area (Å²) in [4.78, 5) is 22.0. The molecule has 5 heteroatoms. The molecule has 13 heavy (non-hydrogen) atoms. The van der Waals surface area contributed by atoms with Gasteiger partial charge in [-0.25, -0.2) is 0 Å². The van der Waals surface area contributed by atoms with Crippen LogP contribution in [0.25, 0.3) is 0 Å². The Morgan fingerprint density at radius 1 is 0.846 bits per heavy atom. The SMILES string of the molecule is O=C1N=NC(=O)c2ccccc21.[NaH]. The molecule has 1 heterocycles. The van der Waals surface area contributed by atoms with Crippen molar-refractivity contribution in [2.45, 2.75) is 0 Å².